The van der Waals surface area contributed by atoms with E-state index in [1.165, 1.54) is 0 Å². The number of aryl methyl sites for hydroxylation is 1. The van der Waals surface area contributed by atoms with Gasteiger partial charge in [-0.1, -0.05) is 6.92 Å². The molecule has 0 N–H and O–H groups in total. The summed E-state index contributed by atoms with van der Waals surface area (Å²) in [6.07, 6.45) is 3.48. The Labute approximate surface area is 141 Å². The van der Waals surface area contributed by atoms with E-state index in [9.17, 15) is 4.79 Å². The summed E-state index contributed by atoms with van der Waals surface area (Å²) in [6, 6.07) is 2.30. The smallest absolute Gasteiger partial charge is 0.259 e. The average Bonchev–Trinajstić information content (AvgIpc) is 3.18. The van der Waals surface area contributed by atoms with E-state index >= 15 is 0 Å². The third-order valence-corrected chi connectivity index (χ3v) is 5.11. The van der Waals surface area contributed by atoms with Crippen LogP contribution in [0.5, 0.6) is 0 Å². The minimum Gasteiger partial charge on any atom is -0.379 e. The van der Waals surface area contributed by atoms with Crippen LogP contribution in [0.1, 0.15) is 23.0 Å². The third-order valence-electron chi connectivity index (χ3n) is 5.11. The Bertz CT molecular complexity index is 753. The fourth-order valence-corrected chi connectivity index (χ4v) is 3.78. The first-order chi connectivity index (χ1) is 11.6. The highest BCUT2D eigenvalue weighted by Crippen LogP contribution is 2.25. The maximum absolute atomic E-state index is 13.0. The van der Waals surface area contributed by atoms with Crippen LogP contribution in [-0.2, 0) is 4.74 Å². The monoisotopic (exact) mass is 329 g/mol. The molecule has 24 heavy (non-hydrogen) atoms. The first-order valence-electron chi connectivity index (χ1n) is 8.55. The number of amides is 1. The Kier molecular flexibility index (Phi) is 3.97. The van der Waals surface area contributed by atoms with Crippen LogP contribution in [-0.4, -0.2) is 75.7 Å². The molecule has 0 unspecified atom stereocenters. The van der Waals surface area contributed by atoms with Crippen LogP contribution in [0.4, 0.5) is 0 Å². The summed E-state index contributed by atoms with van der Waals surface area (Å²) in [5.74, 6) is 0.495. The van der Waals surface area contributed by atoms with Crippen molar-refractivity contribution in [3.05, 3.63) is 29.7 Å². The van der Waals surface area contributed by atoms with Gasteiger partial charge in [0.25, 0.3) is 5.91 Å². The molecule has 2 atom stereocenters. The second-order valence-electron chi connectivity index (χ2n) is 6.80. The highest BCUT2D eigenvalue weighted by molar-refractivity contribution is 5.99. The molecular formula is C17H23N5O2. The number of hydrogen-bond acceptors (Lipinski definition) is 5. The van der Waals surface area contributed by atoms with Crippen molar-refractivity contribution < 1.29 is 9.53 Å². The quantitative estimate of drug-likeness (QED) is 0.817. The number of carbonyl (C=O) groups is 1. The zero-order valence-corrected chi connectivity index (χ0v) is 14.2. The minimum atomic E-state index is 0.0331. The molecule has 0 radical (unpaired) electrons. The van der Waals surface area contributed by atoms with Gasteiger partial charge < -0.3 is 9.64 Å². The standard InChI is InChI=1S/C17H23N5O2/c1-12-10-21(11-15(12)20-5-7-24-8-6-20)17(23)14-9-18-22-4-3-13(2)19-16(14)22/h3-4,9,12,15H,5-8,10-11H2,1-2H3/t12-,15-/m0/s1. The van der Waals surface area contributed by atoms with Gasteiger partial charge in [-0.15, -0.1) is 0 Å². The van der Waals surface area contributed by atoms with Crippen molar-refractivity contribution in [2.75, 3.05) is 39.4 Å². The van der Waals surface area contributed by atoms with E-state index in [1.54, 1.807) is 10.7 Å². The van der Waals surface area contributed by atoms with Gasteiger partial charge in [-0.2, -0.15) is 5.10 Å². The van der Waals surface area contributed by atoms with E-state index in [2.05, 4.69) is 21.9 Å². The van der Waals surface area contributed by atoms with Gasteiger partial charge >= 0.3 is 0 Å². The van der Waals surface area contributed by atoms with Gasteiger partial charge in [0.1, 0.15) is 5.56 Å². The number of morpholine rings is 1. The van der Waals surface area contributed by atoms with Gasteiger partial charge in [-0.25, -0.2) is 9.50 Å². The zero-order valence-electron chi connectivity index (χ0n) is 14.2. The van der Waals surface area contributed by atoms with Crippen LogP contribution >= 0.6 is 0 Å². The lowest BCUT2D eigenvalue weighted by molar-refractivity contribution is 0.0119. The number of likely N-dealkylation sites (tertiary alicyclic amines) is 1. The number of rotatable bonds is 2. The van der Waals surface area contributed by atoms with Crippen LogP contribution in [0.3, 0.4) is 0 Å². The van der Waals surface area contributed by atoms with Crippen molar-refractivity contribution in [2.45, 2.75) is 19.9 Å². The summed E-state index contributed by atoms with van der Waals surface area (Å²) in [7, 11) is 0. The topological polar surface area (TPSA) is 63.0 Å². The van der Waals surface area contributed by atoms with Crippen LogP contribution in [0.2, 0.25) is 0 Å². The molecule has 2 saturated heterocycles. The normalized spacial score (nSPS) is 25.5. The lowest BCUT2D eigenvalue weighted by atomic mass is 10.0. The van der Waals surface area contributed by atoms with Crippen LogP contribution in [0.25, 0.3) is 5.65 Å². The second-order valence-corrected chi connectivity index (χ2v) is 6.80. The van der Waals surface area contributed by atoms with Crippen molar-refractivity contribution >= 4 is 11.6 Å². The first-order valence-corrected chi connectivity index (χ1v) is 8.55. The molecule has 0 spiro atoms. The van der Waals surface area contributed by atoms with E-state index in [-0.39, 0.29) is 5.91 Å². The van der Waals surface area contributed by atoms with Crippen molar-refractivity contribution in [3.8, 4) is 0 Å². The van der Waals surface area contributed by atoms with Crippen molar-refractivity contribution in [3.63, 3.8) is 0 Å². The van der Waals surface area contributed by atoms with E-state index in [0.29, 0.717) is 23.2 Å². The number of carbonyl (C=O) groups excluding carboxylic acids is 1. The molecule has 2 aromatic heterocycles. The van der Waals surface area contributed by atoms with Gasteiger partial charge in [0.2, 0.25) is 0 Å². The summed E-state index contributed by atoms with van der Waals surface area (Å²) < 4.78 is 7.11. The van der Waals surface area contributed by atoms with Crippen molar-refractivity contribution in [2.24, 2.45) is 5.92 Å². The predicted octanol–water partition coefficient (Wildman–Crippen LogP) is 0.830. The number of hydrogen-bond donors (Lipinski definition) is 0. The molecule has 0 aromatic carbocycles. The third kappa shape index (κ3) is 2.67. The first kappa shape index (κ1) is 15.5. The Balaban J connectivity index is 1.55. The molecule has 2 aromatic rings. The molecule has 2 aliphatic rings. The van der Waals surface area contributed by atoms with Gasteiger partial charge in [0.15, 0.2) is 5.65 Å². The molecule has 0 saturated carbocycles. The van der Waals surface area contributed by atoms with Crippen LogP contribution in [0, 0.1) is 12.8 Å². The van der Waals surface area contributed by atoms with Crippen LogP contribution in [0.15, 0.2) is 18.5 Å². The van der Waals surface area contributed by atoms with Gasteiger partial charge in [-0.05, 0) is 18.9 Å². The SMILES string of the molecule is Cc1ccn2ncc(C(=O)N3C[C@H](C)[C@@H](N4CCOCC4)C3)c2n1. The Hall–Kier alpha value is -1.99. The molecule has 4 heterocycles. The van der Waals surface area contributed by atoms with E-state index in [4.69, 9.17) is 4.74 Å². The zero-order chi connectivity index (χ0) is 16.7. The molecule has 2 fully saturated rings. The lowest BCUT2D eigenvalue weighted by Gasteiger charge is -2.33. The van der Waals surface area contributed by atoms with E-state index in [1.807, 2.05) is 24.1 Å². The van der Waals surface area contributed by atoms with Gasteiger partial charge in [0, 0.05) is 44.1 Å². The second kappa shape index (κ2) is 6.14. The molecular weight excluding hydrogens is 306 g/mol. The average molecular weight is 329 g/mol. The molecule has 7 nitrogen and oxygen atoms in total. The summed E-state index contributed by atoms with van der Waals surface area (Å²) in [5.41, 5.74) is 2.12. The minimum absolute atomic E-state index is 0.0331. The number of ether oxygens (including phenoxy) is 1. The summed E-state index contributed by atoms with van der Waals surface area (Å²) in [5, 5.41) is 4.26. The Morgan fingerprint density at radius 3 is 2.88 bits per heavy atom. The lowest BCUT2D eigenvalue weighted by Crippen LogP contribution is -2.47. The maximum atomic E-state index is 13.0. The Morgan fingerprint density at radius 1 is 1.29 bits per heavy atom. The summed E-state index contributed by atoms with van der Waals surface area (Å²) in [4.78, 5) is 21.9. The molecule has 0 bridgehead atoms. The molecule has 0 aliphatic carbocycles. The molecule has 7 heteroatoms. The summed E-state index contributed by atoms with van der Waals surface area (Å²) >= 11 is 0. The largest absolute Gasteiger partial charge is 0.379 e. The number of aromatic nitrogens is 3. The molecule has 1 amide bonds. The highest BCUT2D eigenvalue weighted by Gasteiger charge is 2.37. The fourth-order valence-electron chi connectivity index (χ4n) is 3.78. The van der Waals surface area contributed by atoms with Gasteiger partial charge in [0.05, 0.1) is 19.4 Å². The molecule has 4 rings (SSSR count). The molecule has 128 valence electrons. The number of fused-ring (bicyclic) bond motifs is 1. The predicted molar refractivity (Wildman–Crippen MR) is 89.0 cm³/mol. The fraction of sp³-hybridized carbons (Fsp3) is 0.588. The van der Waals surface area contributed by atoms with Crippen molar-refractivity contribution in [1.82, 2.24) is 24.4 Å². The van der Waals surface area contributed by atoms with Crippen molar-refractivity contribution in [1.29, 1.82) is 0 Å². The van der Waals surface area contributed by atoms with E-state index < -0.39 is 0 Å². The van der Waals surface area contributed by atoms with Crippen LogP contribution < -0.4 is 0 Å². The number of nitrogens with zero attached hydrogens (tertiary/aromatic N) is 5. The maximum Gasteiger partial charge on any atom is 0.259 e. The summed E-state index contributed by atoms with van der Waals surface area (Å²) in [6.45, 7) is 9.18. The van der Waals surface area contributed by atoms with E-state index in [0.717, 1.165) is 45.1 Å². The Morgan fingerprint density at radius 2 is 2.08 bits per heavy atom. The molecule has 2 aliphatic heterocycles. The van der Waals surface area contributed by atoms with Gasteiger partial charge in [-0.3, -0.25) is 9.69 Å². The highest BCUT2D eigenvalue weighted by atomic mass is 16.5.